The molecule has 0 spiro atoms. The highest BCUT2D eigenvalue weighted by Gasteiger charge is 2.23. The molecule has 0 saturated carbocycles. The molecular formula is C12H22N2O4. The quantitative estimate of drug-likeness (QED) is 0.715. The number of likely N-dealkylation sites (tertiary alicyclic amines) is 1. The molecule has 0 aromatic heterocycles. The number of piperidine rings is 1. The fourth-order valence-electron chi connectivity index (χ4n) is 1.98. The average molecular weight is 258 g/mol. The van der Waals surface area contributed by atoms with E-state index in [0.29, 0.717) is 26.1 Å². The molecule has 0 unspecified atom stereocenters. The molecule has 6 heteroatoms. The van der Waals surface area contributed by atoms with Crippen LogP contribution in [0.5, 0.6) is 0 Å². The van der Waals surface area contributed by atoms with Crippen molar-refractivity contribution in [3.63, 3.8) is 0 Å². The Bertz CT molecular complexity index is 275. The van der Waals surface area contributed by atoms with Gasteiger partial charge in [0.15, 0.2) is 0 Å². The minimum Gasteiger partial charge on any atom is -0.384 e. The standard InChI is InChI=1S/C12H22N2O4/c1-17-8-5-11(15)13-10-3-6-14(7-4-10)12(16)9-18-2/h10H,3-9H2,1-2H3,(H,13,15). The minimum atomic E-state index is 0.0125. The number of nitrogens with zero attached hydrogens (tertiary/aromatic N) is 1. The largest absolute Gasteiger partial charge is 0.384 e. The first kappa shape index (κ1) is 14.9. The fraction of sp³-hybridized carbons (Fsp3) is 0.833. The molecule has 0 aromatic rings. The third kappa shape index (κ3) is 5.01. The molecule has 1 saturated heterocycles. The lowest BCUT2D eigenvalue weighted by Gasteiger charge is -2.32. The first-order valence-corrected chi connectivity index (χ1v) is 6.22. The molecule has 0 aromatic carbocycles. The Kier molecular flexibility index (Phi) is 6.67. The van der Waals surface area contributed by atoms with Crippen molar-refractivity contribution in [2.45, 2.75) is 25.3 Å². The zero-order valence-electron chi connectivity index (χ0n) is 11.1. The molecule has 6 nitrogen and oxygen atoms in total. The molecule has 1 aliphatic heterocycles. The van der Waals surface area contributed by atoms with Crippen molar-refractivity contribution in [1.82, 2.24) is 10.2 Å². The second-order valence-electron chi connectivity index (χ2n) is 4.40. The van der Waals surface area contributed by atoms with Gasteiger partial charge in [-0.3, -0.25) is 9.59 Å². The molecule has 0 atom stereocenters. The highest BCUT2D eigenvalue weighted by atomic mass is 16.5. The van der Waals surface area contributed by atoms with Gasteiger partial charge in [-0.25, -0.2) is 0 Å². The smallest absolute Gasteiger partial charge is 0.248 e. The van der Waals surface area contributed by atoms with Gasteiger partial charge in [-0.1, -0.05) is 0 Å². The van der Waals surface area contributed by atoms with E-state index < -0.39 is 0 Å². The zero-order valence-corrected chi connectivity index (χ0v) is 11.1. The van der Waals surface area contributed by atoms with Gasteiger partial charge in [0.1, 0.15) is 6.61 Å². The van der Waals surface area contributed by atoms with E-state index in [4.69, 9.17) is 9.47 Å². The number of ether oxygens (including phenoxy) is 2. The second-order valence-corrected chi connectivity index (χ2v) is 4.40. The summed E-state index contributed by atoms with van der Waals surface area (Å²) in [7, 11) is 3.09. The minimum absolute atomic E-state index is 0.0125. The maximum Gasteiger partial charge on any atom is 0.248 e. The summed E-state index contributed by atoms with van der Waals surface area (Å²) in [5.74, 6) is 0.0279. The zero-order chi connectivity index (χ0) is 13.4. The fourth-order valence-corrected chi connectivity index (χ4v) is 1.98. The molecule has 1 N–H and O–H groups in total. The van der Waals surface area contributed by atoms with E-state index in [9.17, 15) is 9.59 Å². The number of hydrogen-bond donors (Lipinski definition) is 1. The Morgan fingerprint density at radius 3 is 2.44 bits per heavy atom. The maximum atomic E-state index is 11.6. The van der Waals surface area contributed by atoms with Crippen LogP contribution >= 0.6 is 0 Å². The van der Waals surface area contributed by atoms with Crippen LogP contribution in [0.1, 0.15) is 19.3 Å². The summed E-state index contributed by atoms with van der Waals surface area (Å²) in [4.78, 5) is 24.8. The third-order valence-electron chi connectivity index (χ3n) is 3.01. The predicted octanol–water partition coefficient (Wildman–Crippen LogP) is -0.223. The van der Waals surface area contributed by atoms with Crippen molar-refractivity contribution >= 4 is 11.8 Å². The molecule has 104 valence electrons. The van der Waals surface area contributed by atoms with Crippen LogP contribution in [-0.4, -0.2) is 63.3 Å². The van der Waals surface area contributed by atoms with Crippen LogP contribution in [-0.2, 0) is 19.1 Å². The van der Waals surface area contributed by atoms with Crippen LogP contribution in [0.25, 0.3) is 0 Å². The topological polar surface area (TPSA) is 67.9 Å². The van der Waals surface area contributed by atoms with Crippen LogP contribution in [0.15, 0.2) is 0 Å². The number of rotatable bonds is 6. The second kappa shape index (κ2) is 8.05. The van der Waals surface area contributed by atoms with Crippen molar-refractivity contribution in [2.75, 3.05) is 40.5 Å². The molecule has 1 fully saturated rings. The SMILES string of the molecule is COCCC(=O)NC1CCN(C(=O)COC)CC1. The van der Waals surface area contributed by atoms with Crippen LogP contribution in [0.3, 0.4) is 0 Å². The molecule has 0 bridgehead atoms. The first-order chi connectivity index (χ1) is 8.67. The molecular weight excluding hydrogens is 236 g/mol. The summed E-state index contributed by atoms with van der Waals surface area (Å²) in [6, 6.07) is 0.168. The lowest BCUT2D eigenvalue weighted by Crippen LogP contribution is -2.47. The highest BCUT2D eigenvalue weighted by Crippen LogP contribution is 2.10. The Labute approximate surface area is 108 Å². The van der Waals surface area contributed by atoms with E-state index in [0.717, 1.165) is 12.8 Å². The van der Waals surface area contributed by atoms with Gasteiger partial charge in [0.25, 0.3) is 0 Å². The maximum absolute atomic E-state index is 11.6. The van der Waals surface area contributed by atoms with E-state index in [2.05, 4.69) is 5.32 Å². The number of carbonyl (C=O) groups is 2. The van der Waals surface area contributed by atoms with Crippen LogP contribution < -0.4 is 5.32 Å². The van der Waals surface area contributed by atoms with Gasteiger partial charge in [-0.2, -0.15) is 0 Å². The Morgan fingerprint density at radius 1 is 1.22 bits per heavy atom. The van der Waals surface area contributed by atoms with E-state index in [1.54, 1.807) is 12.0 Å². The van der Waals surface area contributed by atoms with Crippen molar-refractivity contribution in [3.05, 3.63) is 0 Å². The number of hydrogen-bond acceptors (Lipinski definition) is 4. The van der Waals surface area contributed by atoms with E-state index in [1.165, 1.54) is 7.11 Å². The van der Waals surface area contributed by atoms with Gasteiger partial charge < -0.3 is 19.7 Å². The summed E-state index contributed by atoms with van der Waals surface area (Å²) in [6.45, 7) is 1.93. The lowest BCUT2D eigenvalue weighted by molar-refractivity contribution is -0.136. The molecule has 1 rings (SSSR count). The van der Waals surface area contributed by atoms with Gasteiger partial charge in [0, 0.05) is 39.8 Å². The van der Waals surface area contributed by atoms with Gasteiger partial charge in [0.2, 0.25) is 11.8 Å². The first-order valence-electron chi connectivity index (χ1n) is 6.22. The number of methoxy groups -OCH3 is 2. The van der Waals surface area contributed by atoms with Gasteiger partial charge in [-0.05, 0) is 12.8 Å². The molecule has 0 radical (unpaired) electrons. The monoisotopic (exact) mass is 258 g/mol. The van der Waals surface area contributed by atoms with Crippen LogP contribution in [0.4, 0.5) is 0 Å². The Balaban J connectivity index is 2.22. The number of nitrogens with one attached hydrogen (secondary N) is 1. The molecule has 1 heterocycles. The summed E-state index contributed by atoms with van der Waals surface area (Å²) in [5.41, 5.74) is 0. The van der Waals surface area contributed by atoms with Gasteiger partial charge in [-0.15, -0.1) is 0 Å². The van der Waals surface area contributed by atoms with Gasteiger partial charge >= 0.3 is 0 Å². The summed E-state index contributed by atoms with van der Waals surface area (Å²) in [5, 5.41) is 2.96. The van der Waals surface area contributed by atoms with E-state index >= 15 is 0 Å². The molecule has 0 aliphatic carbocycles. The van der Waals surface area contributed by atoms with Crippen LogP contribution in [0, 0.1) is 0 Å². The highest BCUT2D eigenvalue weighted by molar-refractivity contribution is 5.78. The van der Waals surface area contributed by atoms with Crippen LogP contribution in [0.2, 0.25) is 0 Å². The predicted molar refractivity (Wildman–Crippen MR) is 66.1 cm³/mol. The average Bonchev–Trinajstić information content (AvgIpc) is 2.37. The molecule has 2 amide bonds. The third-order valence-corrected chi connectivity index (χ3v) is 3.01. The summed E-state index contributed by atoms with van der Waals surface area (Å²) >= 11 is 0. The van der Waals surface area contributed by atoms with Gasteiger partial charge in [0.05, 0.1) is 6.61 Å². The van der Waals surface area contributed by atoms with Crippen molar-refractivity contribution in [3.8, 4) is 0 Å². The molecule has 18 heavy (non-hydrogen) atoms. The summed E-state index contributed by atoms with van der Waals surface area (Å²) < 4.78 is 9.67. The van der Waals surface area contributed by atoms with Crippen molar-refractivity contribution in [1.29, 1.82) is 0 Å². The van der Waals surface area contributed by atoms with Crippen molar-refractivity contribution in [2.24, 2.45) is 0 Å². The van der Waals surface area contributed by atoms with E-state index in [-0.39, 0.29) is 24.5 Å². The number of amides is 2. The van der Waals surface area contributed by atoms with Crippen molar-refractivity contribution < 1.29 is 19.1 Å². The number of carbonyl (C=O) groups excluding carboxylic acids is 2. The Hall–Kier alpha value is -1.14. The normalized spacial score (nSPS) is 16.7. The van der Waals surface area contributed by atoms with E-state index in [1.807, 2.05) is 0 Å². The summed E-state index contributed by atoms with van der Waals surface area (Å²) in [6.07, 6.45) is 1.99. The lowest BCUT2D eigenvalue weighted by atomic mass is 10.0. The molecule has 1 aliphatic rings. The Morgan fingerprint density at radius 2 is 1.89 bits per heavy atom.